The number of rotatable bonds is 5. The average Bonchev–Trinajstić information content (AvgIpc) is 2.54. The first-order valence-electron chi connectivity index (χ1n) is 6.70. The molecule has 3 rings (SSSR count). The largest absolute Gasteiger partial charge is 0.422 e. The van der Waals surface area contributed by atoms with Gasteiger partial charge in [-0.05, 0) is 18.2 Å². The minimum atomic E-state index is 0.335. The van der Waals surface area contributed by atoms with E-state index in [2.05, 4.69) is 21.9 Å². The number of para-hydroxylation sites is 3. The van der Waals surface area contributed by atoms with Gasteiger partial charge < -0.3 is 10.1 Å². The molecule has 3 aromatic rings. The molecular weight excluding hydrogens is 262 g/mol. The SMILES string of the molecule is C=CCNc1ccccc1Oc1ncc2ccccc2n1. The molecule has 0 spiro atoms. The van der Waals surface area contributed by atoms with Crippen molar-refractivity contribution in [3.05, 3.63) is 67.4 Å². The molecule has 1 heterocycles. The normalized spacial score (nSPS) is 10.3. The van der Waals surface area contributed by atoms with Gasteiger partial charge in [0.25, 0.3) is 0 Å². The molecule has 0 aliphatic carbocycles. The van der Waals surface area contributed by atoms with E-state index in [1.54, 1.807) is 12.3 Å². The Morgan fingerprint density at radius 2 is 1.90 bits per heavy atom. The summed E-state index contributed by atoms with van der Waals surface area (Å²) in [5.74, 6) is 0.689. The fourth-order valence-electron chi connectivity index (χ4n) is 1.99. The lowest BCUT2D eigenvalue weighted by molar-refractivity contribution is 0.446. The molecule has 2 aromatic carbocycles. The zero-order valence-electron chi connectivity index (χ0n) is 11.5. The molecule has 0 aliphatic heterocycles. The second-order valence-electron chi connectivity index (χ2n) is 4.48. The zero-order valence-corrected chi connectivity index (χ0v) is 11.5. The Morgan fingerprint density at radius 3 is 2.81 bits per heavy atom. The highest BCUT2D eigenvalue weighted by molar-refractivity contribution is 5.77. The lowest BCUT2D eigenvalue weighted by atomic mass is 10.2. The molecule has 4 nitrogen and oxygen atoms in total. The Bertz CT molecular complexity index is 771. The van der Waals surface area contributed by atoms with Crippen LogP contribution in [-0.4, -0.2) is 16.5 Å². The molecular formula is C17H15N3O. The van der Waals surface area contributed by atoms with E-state index in [1.807, 2.05) is 48.5 Å². The molecule has 0 saturated carbocycles. The molecule has 0 unspecified atom stereocenters. The molecule has 0 atom stereocenters. The van der Waals surface area contributed by atoms with Gasteiger partial charge in [0.2, 0.25) is 0 Å². The fourth-order valence-corrected chi connectivity index (χ4v) is 1.99. The quantitative estimate of drug-likeness (QED) is 0.715. The number of nitrogens with one attached hydrogen (secondary N) is 1. The summed E-state index contributed by atoms with van der Waals surface area (Å²) in [5.41, 5.74) is 1.74. The molecule has 0 bridgehead atoms. The van der Waals surface area contributed by atoms with Gasteiger partial charge in [0.1, 0.15) is 0 Å². The predicted molar refractivity (Wildman–Crippen MR) is 84.7 cm³/mol. The monoisotopic (exact) mass is 277 g/mol. The van der Waals surface area contributed by atoms with Gasteiger partial charge in [-0.1, -0.05) is 36.4 Å². The summed E-state index contributed by atoms with van der Waals surface area (Å²) in [4.78, 5) is 8.65. The van der Waals surface area contributed by atoms with Crippen LogP contribution in [0.3, 0.4) is 0 Å². The van der Waals surface area contributed by atoms with Gasteiger partial charge >= 0.3 is 6.01 Å². The van der Waals surface area contributed by atoms with Gasteiger partial charge in [0.05, 0.1) is 11.2 Å². The highest BCUT2D eigenvalue weighted by atomic mass is 16.5. The van der Waals surface area contributed by atoms with Crippen LogP contribution in [0.4, 0.5) is 5.69 Å². The van der Waals surface area contributed by atoms with Crippen LogP contribution < -0.4 is 10.1 Å². The van der Waals surface area contributed by atoms with E-state index >= 15 is 0 Å². The minimum absolute atomic E-state index is 0.335. The molecule has 0 aliphatic rings. The molecule has 1 N–H and O–H groups in total. The third-order valence-electron chi connectivity index (χ3n) is 2.99. The molecule has 0 saturated heterocycles. The van der Waals surface area contributed by atoms with Crippen LogP contribution in [0.25, 0.3) is 10.9 Å². The minimum Gasteiger partial charge on any atom is -0.422 e. The number of hydrogen-bond acceptors (Lipinski definition) is 4. The first kappa shape index (κ1) is 13.1. The van der Waals surface area contributed by atoms with Crippen molar-refractivity contribution >= 4 is 16.6 Å². The van der Waals surface area contributed by atoms with Crippen molar-refractivity contribution in [1.82, 2.24) is 9.97 Å². The maximum atomic E-state index is 5.80. The van der Waals surface area contributed by atoms with Crippen LogP contribution in [0.15, 0.2) is 67.4 Å². The molecule has 21 heavy (non-hydrogen) atoms. The first-order chi connectivity index (χ1) is 10.4. The van der Waals surface area contributed by atoms with Crippen LogP contribution in [-0.2, 0) is 0 Å². The third kappa shape index (κ3) is 3.00. The van der Waals surface area contributed by atoms with Gasteiger partial charge in [-0.2, -0.15) is 4.98 Å². The van der Waals surface area contributed by atoms with Crippen LogP contribution in [0.2, 0.25) is 0 Å². The summed E-state index contributed by atoms with van der Waals surface area (Å²) in [6, 6.07) is 15.8. The van der Waals surface area contributed by atoms with E-state index in [0.717, 1.165) is 16.6 Å². The van der Waals surface area contributed by atoms with Crippen molar-refractivity contribution in [2.24, 2.45) is 0 Å². The number of fused-ring (bicyclic) bond motifs is 1. The Hall–Kier alpha value is -2.88. The molecule has 1 aromatic heterocycles. The van der Waals surface area contributed by atoms with Gasteiger partial charge in [-0.25, -0.2) is 4.98 Å². The molecule has 0 amide bonds. The number of ether oxygens (including phenoxy) is 1. The maximum Gasteiger partial charge on any atom is 0.322 e. The van der Waals surface area contributed by atoms with Crippen molar-refractivity contribution in [3.8, 4) is 11.8 Å². The van der Waals surface area contributed by atoms with Crippen LogP contribution in [0.5, 0.6) is 11.8 Å². The second-order valence-corrected chi connectivity index (χ2v) is 4.48. The lowest BCUT2D eigenvalue weighted by Crippen LogP contribution is -2.00. The smallest absolute Gasteiger partial charge is 0.322 e. The van der Waals surface area contributed by atoms with Gasteiger partial charge in [-0.15, -0.1) is 6.58 Å². The van der Waals surface area contributed by atoms with Gasteiger partial charge in [0.15, 0.2) is 5.75 Å². The number of hydrogen-bond donors (Lipinski definition) is 1. The van der Waals surface area contributed by atoms with E-state index in [9.17, 15) is 0 Å². The van der Waals surface area contributed by atoms with Crippen LogP contribution >= 0.6 is 0 Å². The summed E-state index contributed by atoms with van der Waals surface area (Å²) in [7, 11) is 0. The molecule has 104 valence electrons. The zero-order chi connectivity index (χ0) is 14.5. The third-order valence-corrected chi connectivity index (χ3v) is 2.99. The van der Waals surface area contributed by atoms with E-state index < -0.39 is 0 Å². The summed E-state index contributed by atoms with van der Waals surface area (Å²) < 4.78 is 5.80. The maximum absolute atomic E-state index is 5.80. The first-order valence-corrected chi connectivity index (χ1v) is 6.70. The Balaban J connectivity index is 1.89. The van der Waals surface area contributed by atoms with E-state index in [1.165, 1.54) is 0 Å². The van der Waals surface area contributed by atoms with Crippen molar-refractivity contribution in [2.75, 3.05) is 11.9 Å². The predicted octanol–water partition coefficient (Wildman–Crippen LogP) is 4.02. The summed E-state index contributed by atoms with van der Waals surface area (Å²) in [6.45, 7) is 4.36. The van der Waals surface area contributed by atoms with Crippen molar-refractivity contribution in [2.45, 2.75) is 0 Å². The average molecular weight is 277 g/mol. The second kappa shape index (κ2) is 6.05. The summed E-state index contributed by atoms with van der Waals surface area (Å²) in [5, 5.41) is 4.21. The van der Waals surface area contributed by atoms with E-state index in [-0.39, 0.29) is 0 Å². The van der Waals surface area contributed by atoms with Gasteiger partial charge in [-0.3, -0.25) is 0 Å². The number of benzene rings is 2. The Kier molecular flexibility index (Phi) is 3.78. The lowest BCUT2D eigenvalue weighted by Gasteiger charge is -2.10. The highest BCUT2D eigenvalue weighted by Crippen LogP contribution is 2.27. The molecule has 0 radical (unpaired) electrons. The summed E-state index contributed by atoms with van der Waals surface area (Å²) in [6.07, 6.45) is 3.56. The standard InChI is InChI=1S/C17H15N3O/c1-2-11-18-15-9-5-6-10-16(15)21-17-19-12-13-7-3-4-8-14(13)20-17/h2-10,12,18H,1,11H2. The van der Waals surface area contributed by atoms with E-state index in [0.29, 0.717) is 18.3 Å². The van der Waals surface area contributed by atoms with Crippen molar-refractivity contribution < 1.29 is 4.74 Å². The Morgan fingerprint density at radius 1 is 1.10 bits per heavy atom. The molecule has 0 fully saturated rings. The number of aromatic nitrogens is 2. The molecule has 4 heteroatoms. The fraction of sp³-hybridized carbons (Fsp3) is 0.0588. The number of nitrogens with zero attached hydrogens (tertiary/aromatic N) is 2. The Labute approximate surface area is 123 Å². The van der Waals surface area contributed by atoms with Gasteiger partial charge in [0, 0.05) is 18.1 Å². The summed E-state index contributed by atoms with van der Waals surface area (Å²) >= 11 is 0. The highest BCUT2D eigenvalue weighted by Gasteiger charge is 2.06. The van der Waals surface area contributed by atoms with Crippen molar-refractivity contribution in [1.29, 1.82) is 0 Å². The number of anilines is 1. The van der Waals surface area contributed by atoms with Crippen LogP contribution in [0, 0.1) is 0 Å². The van der Waals surface area contributed by atoms with E-state index in [4.69, 9.17) is 4.74 Å². The van der Waals surface area contributed by atoms with Crippen LogP contribution in [0.1, 0.15) is 0 Å². The topological polar surface area (TPSA) is 47.0 Å². The van der Waals surface area contributed by atoms with Crippen molar-refractivity contribution in [3.63, 3.8) is 0 Å².